The summed E-state index contributed by atoms with van der Waals surface area (Å²) in [6, 6.07) is 17.9. The molecule has 4 rings (SSSR count). The molecule has 7 nitrogen and oxygen atoms in total. The lowest BCUT2D eigenvalue weighted by Gasteiger charge is -2.42. The van der Waals surface area contributed by atoms with E-state index in [-0.39, 0.29) is 0 Å². The summed E-state index contributed by atoms with van der Waals surface area (Å²) in [5, 5.41) is 0. The summed E-state index contributed by atoms with van der Waals surface area (Å²) < 4.78 is 37.7. The molecule has 0 aromatic heterocycles. The predicted octanol–water partition coefficient (Wildman–Crippen LogP) is 3.25. The van der Waals surface area contributed by atoms with Crippen molar-refractivity contribution >= 4 is 10.4 Å². The lowest BCUT2D eigenvalue weighted by molar-refractivity contribution is 0.106. The molecule has 0 aliphatic carbocycles. The Bertz CT molecular complexity index is 863. The highest BCUT2D eigenvalue weighted by Gasteiger charge is 2.34. The van der Waals surface area contributed by atoms with E-state index < -0.39 is 10.4 Å². The maximum atomic E-state index is 8.74. The quantitative estimate of drug-likeness (QED) is 0.740. The molecule has 0 amide bonds. The van der Waals surface area contributed by atoms with Gasteiger partial charge in [0.1, 0.15) is 11.5 Å². The van der Waals surface area contributed by atoms with Crippen LogP contribution >= 0.6 is 0 Å². The Hall–Kier alpha value is -1.97. The normalized spacial score (nSPS) is 19.8. The molecule has 2 aromatic carbocycles. The van der Waals surface area contributed by atoms with Crippen molar-refractivity contribution in [3.05, 3.63) is 59.7 Å². The first-order valence-corrected chi connectivity index (χ1v) is 10.6. The van der Waals surface area contributed by atoms with Crippen LogP contribution < -0.4 is 4.74 Å². The number of benzene rings is 2. The maximum Gasteiger partial charge on any atom is 0.394 e. The molecule has 1 unspecified atom stereocenters. The molecule has 8 heteroatoms. The molecule has 28 heavy (non-hydrogen) atoms. The summed E-state index contributed by atoms with van der Waals surface area (Å²) in [6.07, 6.45) is 2.54. The molecule has 0 bridgehead atoms. The Morgan fingerprint density at radius 3 is 2.00 bits per heavy atom. The van der Waals surface area contributed by atoms with Crippen LogP contribution in [-0.4, -0.2) is 60.5 Å². The minimum absolute atomic E-state index is 0.305. The minimum Gasteiger partial charge on any atom is -0.457 e. The van der Waals surface area contributed by atoms with Gasteiger partial charge in [-0.25, -0.2) is 0 Å². The Morgan fingerprint density at radius 1 is 1.00 bits per heavy atom. The lowest BCUT2D eigenvalue weighted by Crippen LogP contribution is -2.47. The molecular formula is C20H26N2O5S. The second-order valence-corrected chi connectivity index (χ2v) is 8.18. The van der Waals surface area contributed by atoms with Gasteiger partial charge >= 0.3 is 10.4 Å². The molecule has 2 N–H and O–H groups in total. The van der Waals surface area contributed by atoms with E-state index in [1.165, 1.54) is 24.0 Å². The number of likely N-dealkylation sites (tertiary alicyclic amines) is 1. The van der Waals surface area contributed by atoms with Crippen molar-refractivity contribution in [1.82, 2.24) is 9.80 Å². The summed E-state index contributed by atoms with van der Waals surface area (Å²) in [7, 11) is -0.278. The zero-order valence-corrected chi connectivity index (χ0v) is 16.8. The molecule has 2 aliphatic heterocycles. The van der Waals surface area contributed by atoms with Gasteiger partial charge in [0.25, 0.3) is 0 Å². The fraction of sp³-hybridized carbons (Fsp3) is 0.400. The molecule has 0 spiro atoms. The van der Waals surface area contributed by atoms with Gasteiger partial charge in [-0.2, -0.15) is 8.42 Å². The maximum absolute atomic E-state index is 8.74. The van der Waals surface area contributed by atoms with Crippen LogP contribution in [0.1, 0.15) is 30.0 Å². The van der Waals surface area contributed by atoms with E-state index in [1.807, 2.05) is 0 Å². The van der Waals surface area contributed by atoms with E-state index >= 15 is 0 Å². The number of hydrogen-bond acceptors (Lipinski definition) is 5. The van der Waals surface area contributed by atoms with Crippen molar-refractivity contribution in [1.29, 1.82) is 0 Å². The highest BCUT2D eigenvalue weighted by molar-refractivity contribution is 7.79. The highest BCUT2D eigenvalue weighted by atomic mass is 32.3. The van der Waals surface area contributed by atoms with Crippen LogP contribution in [0.2, 0.25) is 0 Å². The van der Waals surface area contributed by atoms with E-state index in [9.17, 15) is 0 Å². The van der Waals surface area contributed by atoms with Gasteiger partial charge in [0.15, 0.2) is 0 Å². The zero-order valence-electron chi connectivity index (χ0n) is 16.0. The fourth-order valence-electron chi connectivity index (χ4n) is 3.92. The van der Waals surface area contributed by atoms with Crippen molar-refractivity contribution in [2.45, 2.75) is 24.9 Å². The number of nitrogens with zero attached hydrogens (tertiary/aromatic N) is 2. The first-order chi connectivity index (χ1) is 13.2. The minimum atomic E-state index is -4.67. The Balaban J connectivity index is 0.000000403. The average molecular weight is 407 g/mol. The summed E-state index contributed by atoms with van der Waals surface area (Å²) in [5.74, 6) is 2.01. The molecule has 152 valence electrons. The van der Waals surface area contributed by atoms with Crippen molar-refractivity contribution < 1.29 is 22.3 Å². The predicted molar refractivity (Wildman–Crippen MR) is 107 cm³/mol. The van der Waals surface area contributed by atoms with Crippen LogP contribution in [0.15, 0.2) is 48.5 Å². The van der Waals surface area contributed by atoms with Gasteiger partial charge in [-0.15, -0.1) is 0 Å². The van der Waals surface area contributed by atoms with Crippen LogP contribution in [0.3, 0.4) is 0 Å². The number of piperidine rings is 1. The monoisotopic (exact) mass is 406 g/mol. The number of rotatable bonds is 2. The number of hydrogen-bond donors (Lipinski definition) is 2. The molecule has 1 saturated heterocycles. The second-order valence-electron chi connectivity index (χ2n) is 7.28. The smallest absolute Gasteiger partial charge is 0.394 e. The topological polar surface area (TPSA) is 90.3 Å². The van der Waals surface area contributed by atoms with Gasteiger partial charge < -0.3 is 9.64 Å². The molecule has 0 saturated carbocycles. The molecule has 1 atom stereocenters. The van der Waals surface area contributed by atoms with Crippen molar-refractivity contribution in [3.8, 4) is 11.5 Å². The molecular weight excluding hydrogens is 380 g/mol. The van der Waals surface area contributed by atoms with Gasteiger partial charge in [-0.05, 0) is 45.6 Å². The van der Waals surface area contributed by atoms with Gasteiger partial charge in [0, 0.05) is 23.7 Å². The number of para-hydroxylation sites is 2. The van der Waals surface area contributed by atoms with Crippen molar-refractivity contribution in [2.24, 2.45) is 0 Å². The average Bonchev–Trinajstić information content (AvgIpc) is 2.64. The summed E-state index contributed by atoms with van der Waals surface area (Å²) >= 11 is 0. The van der Waals surface area contributed by atoms with E-state index in [1.54, 1.807) is 0 Å². The third-order valence-corrected chi connectivity index (χ3v) is 5.17. The zero-order chi connectivity index (χ0) is 20.3. The lowest BCUT2D eigenvalue weighted by atomic mass is 9.91. The van der Waals surface area contributed by atoms with Crippen LogP contribution in [-0.2, 0) is 10.4 Å². The standard InChI is InChI=1S/C20H24N2O.H2O4S/c1-21(2)15-8-7-13-22(14-15)20-16-9-3-5-11-18(16)23-19-12-6-4-10-17(19)20;1-5(2,3)4/h3-6,9-12,15,20H,7-8,13-14H2,1-2H3;(H2,1,2,3,4). The van der Waals surface area contributed by atoms with Crippen molar-refractivity contribution in [3.63, 3.8) is 0 Å². The van der Waals surface area contributed by atoms with Gasteiger partial charge in [0.2, 0.25) is 0 Å². The SMILES string of the molecule is CN(C)C1CCCN(C2c3ccccc3Oc3ccccc32)C1.O=S(=O)(O)O. The first-order valence-electron chi connectivity index (χ1n) is 9.20. The fourth-order valence-corrected chi connectivity index (χ4v) is 3.92. The summed E-state index contributed by atoms with van der Waals surface area (Å²) in [6.45, 7) is 2.26. The molecule has 2 aromatic rings. The third kappa shape index (κ3) is 5.09. The van der Waals surface area contributed by atoms with Gasteiger partial charge in [-0.1, -0.05) is 36.4 Å². The van der Waals surface area contributed by atoms with Crippen LogP contribution in [0.5, 0.6) is 11.5 Å². The van der Waals surface area contributed by atoms with Crippen LogP contribution in [0.4, 0.5) is 0 Å². The number of ether oxygens (including phenoxy) is 1. The second kappa shape index (κ2) is 8.59. The van der Waals surface area contributed by atoms with E-state index in [0.29, 0.717) is 12.1 Å². The molecule has 2 aliphatic rings. The van der Waals surface area contributed by atoms with Crippen molar-refractivity contribution in [2.75, 3.05) is 27.2 Å². The highest BCUT2D eigenvalue weighted by Crippen LogP contribution is 2.46. The summed E-state index contributed by atoms with van der Waals surface area (Å²) in [4.78, 5) is 5.00. The number of likely N-dealkylation sites (N-methyl/N-ethyl adjacent to an activating group) is 1. The van der Waals surface area contributed by atoms with Crippen LogP contribution in [0, 0.1) is 0 Å². The van der Waals surface area contributed by atoms with E-state index in [0.717, 1.165) is 24.6 Å². The number of fused-ring (bicyclic) bond motifs is 2. The molecule has 0 radical (unpaired) electrons. The Kier molecular flexibility index (Phi) is 6.36. The third-order valence-electron chi connectivity index (χ3n) is 5.17. The Morgan fingerprint density at radius 2 is 1.50 bits per heavy atom. The van der Waals surface area contributed by atoms with E-state index in [2.05, 4.69) is 72.4 Å². The largest absolute Gasteiger partial charge is 0.457 e. The molecule has 1 fully saturated rings. The summed E-state index contributed by atoms with van der Waals surface area (Å²) in [5.41, 5.74) is 2.59. The van der Waals surface area contributed by atoms with Crippen LogP contribution in [0.25, 0.3) is 0 Å². The van der Waals surface area contributed by atoms with E-state index in [4.69, 9.17) is 22.3 Å². The van der Waals surface area contributed by atoms with Gasteiger partial charge in [0.05, 0.1) is 6.04 Å². The Labute approximate surface area is 166 Å². The molecule has 2 heterocycles. The first kappa shape index (κ1) is 20.8. The van der Waals surface area contributed by atoms with Gasteiger partial charge in [-0.3, -0.25) is 14.0 Å².